The molecule has 1 aliphatic heterocycles. The minimum Gasteiger partial charge on any atom is -0.393 e. The van der Waals surface area contributed by atoms with Crippen LogP contribution in [0, 0.1) is 0 Å². The van der Waals surface area contributed by atoms with Gasteiger partial charge in [-0.2, -0.15) is 8.78 Å². The third kappa shape index (κ3) is 2.08. The minimum absolute atomic E-state index is 0.333. The molecular formula is C10H10F4N2O5. The summed E-state index contributed by atoms with van der Waals surface area (Å²) >= 11 is 0. The maximum absolute atomic E-state index is 13.9. The van der Waals surface area contributed by atoms with Gasteiger partial charge in [-0.25, -0.2) is 13.6 Å². The van der Waals surface area contributed by atoms with Gasteiger partial charge in [0, 0.05) is 12.3 Å². The standard InChI is InChI=1S/C10H10F4N2O5/c11-7(12)9(3-17)10(13,14)5(19)6(21-9)16-2-1-4(18)15-8(16)20/h1-2,5-7,17,19H,3H2,(H,15,18,20)/t5-,6+,9-/m0/s1. The van der Waals surface area contributed by atoms with Crippen LogP contribution in [-0.2, 0) is 4.74 Å². The van der Waals surface area contributed by atoms with Gasteiger partial charge in [-0.3, -0.25) is 14.3 Å². The van der Waals surface area contributed by atoms with Crippen LogP contribution in [0.1, 0.15) is 6.23 Å². The number of nitrogens with one attached hydrogen (secondary N) is 1. The zero-order valence-electron chi connectivity index (χ0n) is 10.2. The number of nitrogens with zero attached hydrogens (tertiary/aromatic N) is 1. The Bertz CT molecular complexity index is 645. The summed E-state index contributed by atoms with van der Waals surface area (Å²) in [6.07, 6.45) is -8.12. The average molecular weight is 314 g/mol. The first-order valence-corrected chi connectivity index (χ1v) is 5.61. The molecule has 2 heterocycles. The van der Waals surface area contributed by atoms with Crippen molar-refractivity contribution >= 4 is 0 Å². The molecule has 1 aromatic heterocycles. The van der Waals surface area contributed by atoms with Crippen molar-refractivity contribution in [1.82, 2.24) is 9.55 Å². The van der Waals surface area contributed by atoms with Gasteiger partial charge in [-0.1, -0.05) is 0 Å². The minimum atomic E-state index is -4.52. The summed E-state index contributed by atoms with van der Waals surface area (Å²) in [6.45, 7) is -1.77. The van der Waals surface area contributed by atoms with Crippen LogP contribution in [0.25, 0.3) is 0 Å². The van der Waals surface area contributed by atoms with Gasteiger partial charge in [0.2, 0.25) is 5.60 Å². The maximum atomic E-state index is 13.9. The second-order valence-corrected chi connectivity index (χ2v) is 4.44. The Labute approximate surface area is 113 Å². The Morgan fingerprint density at radius 1 is 1.43 bits per heavy atom. The Morgan fingerprint density at radius 2 is 2.05 bits per heavy atom. The summed E-state index contributed by atoms with van der Waals surface area (Å²) in [7, 11) is 0. The number of ether oxygens (including phenoxy) is 1. The highest BCUT2D eigenvalue weighted by Gasteiger charge is 2.73. The molecule has 1 aliphatic rings. The van der Waals surface area contributed by atoms with E-state index in [2.05, 4.69) is 4.74 Å². The van der Waals surface area contributed by atoms with Crippen molar-refractivity contribution in [3.63, 3.8) is 0 Å². The molecule has 0 aliphatic carbocycles. The van der Waals surface area contributed by atoms with E-state index in [9.17, 15) is 32.3 Å². The molecule has 21 heavy (non-hydrogen) atoms. The number of hydrogen-bond donors (Lipinski definition) is 3. The van der Waals surface area contributed by atoms with E-state index in [0.717, 1.165) is 6.07 Å². The van der Waals surface area contributed by atoms with Gasteiger partial charge < -0.3 is 14.9 Å². The predicted octanol–water partition coefficient (Wildman–Crippen LogP) is -0.942. The van der Waals surface area contributed by atoms with Crippen molar-refractivity contribution in [2.24, 2.45) is 0 Å². The van der Waals surface area contributed by atoms with Crippen molar-refractivity contribution in [1.29, 1.82) is 0 Å². The van der Waals surface area contributed by atoms with Crippen LogP contribution in [0.2, 0.25) is 0 Å². The molecule has 0 amide bonds. The Hall–Kier alpha value is -1.72. The quantitative estimate of drug-likeness (QED) is 0.625. The molecule has 1 saturated heterocycles. The van der Waals surface area contributed by atoms with Crippen LogP contribution < -0.4 is 11.2 Å². The van der Waals surface area contributed by atoms with Gasteiger partial charge in [0.1, 0.15) is 0 Å². The summed E-state index contributed by atoms with van der Waals surface area (Å²) in [5, 5.41) is 18.4. The van der Waals surface area contributed by atoms with E-state index in [1.165, 1.54) is 0 Å². The van der Waals surface area contributed by atoms with E-state index in [1.54, 1.807) is 4.98 Å². The molecule has 3 atom stereocenters. The molecule has 7 nitrogen and oxygen atoms in total. The summed E-state index contributed by atoms with van der Waals surface area (Å²) < 4.78 is 58.3. The largest absolute Gasteiger partial charge is 0.393 e. The maximum Gasteiger partial charge on any atom is 0.330 e. The summed E-state index contributed by atoms with van der Waals surface area (Å²) in [4.78, 5) is 24.1. The van der Waals surface area contributed by atoms with Gasteiger partial charge in [0.05, 0.1) is 6.61 Å². The number of hydrogen-bond acceptors (Lipinski definition) is 5. The summed E-state index contributed by atoms with van der Waals surface area (Å²) in [6, 6.07) is 0.761. The fourth-order valence-corrected chi connectivity index (χ4v) is 2.03. The van der Waals surface area contributed by atoms with Crippen LogP contribution in [0.15, 0.2) is 21.9 Å². The van der Waals surface area contributed by atoms with Gasteiger partial charge in [-0.05, 0) is 0 Å². The van der Waals surface area contributed by atoms with Crippen molar-refractivity contribution in [3.8, 4) is 0 Å². The highest BCUT2D eigenvalue weighted by atomic mass is 19.3. The molecule has 0 spiro atoms. The van der Waals surface area contributed by atoms with E-state index < -0.39 is 48.1 Å². The van der Waals surface area contributed by atoms with Crippen LogP contribution in [0.3, 0.4) is 0 Å². The van der Waals surface area contributed by atoms with Crippen LogP contribution in [0.4, 0.5) is 17.6 Å². The lowest BCUT2D eigenvalue weighted by molar-refractivity contribution is -0.244. The van der Waals surface area contributed by atoms with Gasteiger partial charge in [-0.15, -0.1) is 0 Å². The molecule has 0 unspecified atom stereocenters. The Balaban J connectivity index is 2.54. The first kappa shape index (κ1) is 15.7. The van der Waals surface area contributed by atoms with Gasteiger partial charge in [0.25, 0.3) is 12.0 Å². The molecule has 118 valence electrons. The zero-order valence-corrected chi connectivity index (χ0v) is 10.2. The third-order valence-electron chi connectivity index (χ3n) is 3.25. The number of aromatic amines is 1. The van der Waals surface area contributed by atoms with Crippen LogP contribution in [-0.4, -0.2) is 50.4 Å². The normalized spacial score (nSPS) is 31.8. The number of aromatic nitrogens is 2. The molecule has 1 aromatic rings. The van der Waals surface area contributed by atoms with Crippen molar-refractivity contribution < 1.29 is 32.5 Å². The van der Waals surface area contributed by atoms with E-state index >= 15 is 0 Å². The van der Waals surface area contributed by atoms with Crippen molar-refractivity contribution in [2.75, 3.05) is 6.61 Å². The first-order chi connectivity index (χ1) is 9.67. The van der Waals surface area contributed by atoms with E-state index in [-0.39, 0.29) is 0 Å². The molecule has 11 heteroatoms. The lowest BCUT2D eigenvalue weighted by atomic mass is 9.95. The zero-order chi connectivity index (χ0) is 16.0. The van der Waals surface area contributed by atoms with E-state index in [4.69, 9.17) is 5.11 Å². The van der Waals surface area contributed by atoms with E-state index in [0.29, 0.717) is 10.8 Å². The topological polar surface area (TPSA) is 105 Å². The van der Waals surface area contributed by atoms with Gasteiger partial charge in [0.15, 0.2) is 12.3 Å². The molecular weight excluding hydrogens is 304 g/mol. The Morgan fingerprint density at radius 3 is 2.48 bits per heavy atom. The Kier molecular flexibility index (Phi) is 3.68. The number of H-pyrrole nitrogens is 1. The molecule has 2 rings (SSSR count). The molecule has 0 saturated carbocycles. The summed E-state index contributed by atoms with van der Waals surface area (Å²) in [5.74, 6) is -4.52. The number of aliphatic hydroxyl groups is 2. The highest BCUT2D eigenvalue weighted by Crippen LogP contribution is 2.50. The van der Waals surface area contributed by atoms with Crippen molar-refractivity contribution in [2.45, 2.75) is 30.3 Å². The monoisotopic (exact) mass is 314 g/mol. The number of halogens is 4. The molecule has 1 fully saturated rings. The molecule has 0 radical (unpaired) electrons. The number of rotatable bonds is 3. The number of alkyl halides is 4. The lowest BCUT2D eigenvalue weighted by Gasteiger charge is -2.31. The second kappa shape index (κ2) is 4.93. The lowest BCUT2D eigenvalue weighted by Crippen LogP contribution is -2.57. The smallest absolute Gasteiger partial charge is 0.330 e. The van der Waals surface area contributed by atoms with Gasteiger partial charge >= 0.3 is 11.6 Å². The fraction of sp³-hybridized carbons (Fsp3) is 0.600. The number of aliphatic hydroxyl groups excluding tert-OH is 2. The SMILES string of the molecule is O=c1ccn([C@@H]2O[C@@](CO)(C(F)F)C(F)(F)[C@H]2O)c(=O)[nH]1. The third-order valence-corrected chi connectivity index (χ3v) is 3.25. The molecule has 3 N–H and O–H groups in total. The van der Waals surface area contributed by atoms with E-state index in [1.807, 2.05) is 0 Å². The first-order valence-electron chi connectivity index (χ1n) is 5.61. The average Bonchev–Trinajstić information content (AvgIpc) is 2.59. The van der Waals surface area contributed by atoms with Crippen LogP contribution in [0.5, 0.6) is 0 Å². The fourth-order valence-electron chi connectivity index (χ4n) is 2.03. The molecule has 0 aromatic carbocycles. The molecule has 0 bridgehead atoms. The van der Waals surface area contributed by atoms with Crippen molar-refractivity contribution in [3.05, 3.63) is 33.1 Å². The second-order valence-electron chi connectivity index (χ2n) is 4.44. The van der Waals surface area contributed by atoms with Crippen LogP contribution >= 0.6 is 0 Å². The highest BCUT2D eigenvalue weighted by molar-refractivity contribution is 5.09. The predicted molar refractivity (Wildman–Crippen MR) is 58.2 cm³/mol. The summed E-state index contributed by atoms with van der Waals surface area (Å²) in [5.41, 5.74) is -5.73.